The summed E-state index contributed by atoms with van der Waals surface area (Å²) in [6.07, 6.45) is 0. The number of imide groups is 1. The molecular formula is C9H16N2O3. The normalized spacial score (nSPS) is 23.0. The lowest BCUT2D eigenvalue weighted by Crippen LogP contribution is -2.57. The number of carbonyl (C=O) groups excluding carboxylic acids is 2. The third kappa shape index (κ3) is 2.52. The van der Waals surface area contributed by atoms with Crippen LogP contribution < -0.4 is 5.32 Å². The Labute approximate surface area is 83.4 Å². The van der Waals surface area contributed by atoms with Crippen molar-refractivity contribution in [3.8, 4) is 0 Å². The summed E-state index contributed by atoms with van der Waals surface area (Å²) in [6.45, 7) is 5.24. The standard InChI is InChI=1S/C9H16N2O3/c1-3-14-5-4-11-8(12)6-10-7(2)9(11)13/h7,10H,3-6H2,1-2H3. The zero-order valence-corrected chi connectivity index (χ0v) is 8.58. The molecule has 0 spiro atoms. The van der Waals surface area contributed by atoms with Gasteiger partial charge in [0.05, 0.1) is 25.7 Å². The molecule has 1 aliphatic heterocycles. The molecule has 0 aliphatic carbocycles. The van der Waals surface area contributed by atoms with E-state index in [1.807, 2.05) is 6.92 Å². The highest BCUT2D eigenvalue weighted by Gasteiger charge is 2.30. The second-order valence-electron chi connectivity index (χ2n) is 3.18. The van der Waals surface area contributed by atoms with Gasteiger partial charge >= 0.3 is 0 Å². The Morgan fingerprint density at radius 1 is 1.57 bits per heavy atom. The van der Waals surface area contributed by atoms with E-state index in [2.05, 4.69) is 5.32 Å². The maximum atomic E-state index is 11.5. The van der Waals surface area contributed by atoms with E-state index in [-0.39, 0.29) is 24.4 Å². The van der Waals surface area contributed by atoms with Crippen LogP contribution in [0.5, 0.6) is 0 Å². The first-order valence-electron chi connectivity index (χ1n) is 4.82. The van der Waals surface area contributed by atoms with Gasteiger partial charge in [-0.05, 0) is 13.8 Å². The molecule has 1 rings (SSSR count). The Hall–Kier alpha value is -0.940. The average Bonchev–Trinajstić information content (AvgIpc) is 2.18. The van der Waals surface area contributed by atoms with Gasteiger partial charge < -0.3 is 4.74 Å². The van der Waals surface area contributed by atoms with E-state index >= 15 is 0 Å². The molecule has 1 atom stereocenters. The molecule has 0 aromatic heterocycles. The Morgan fingerprint density at radius 2 is 2.29 bits per heavy atom. The molecule has 5 nitrogen and oxygen atoms in total. The minimum Gasteiger partial charge on any atom is -0.380 e. The minimum atomic E-state index is -0.269. The highest BCUT2D eigenvalue weighted by Crippen LogP contribution is 2.01. The fourth-order valence-corrected chi connectivity index (χ4v) is 1.31. The van der Waals surface area contributed by atoms with Gasteiger partial charge in [-0.1, -0.05) is 0 Å². The molecular weight excluding hydrogens is 184 g/mol. The maximum absolute atomic E-state index is 11.5. The zero-order valence-electron chi connectivity index (χ0n) is 8.58. The molecule has 0 radical (unpaired) electrons. The number of piperazine rings is 1. The van der Waals surface area contributed by atoms with Gasteiger partial charge in [-0.2, -0.15) is 0 Å². The van der Waals surface area contributed by atoms with Gasteiger partial charge in [0.15, 0.2) is 0 Å². The van der Waals surface area contributed by atoms with E-state index in [1.165, 1.54) is 4.90 Å². The number of nitrogens with one attached hydrogen (secondary N) is 1. The van der Waals surface area contributed by atoms with Gasteiger partial charge in [-0.3, -0.25) is 19.8 Å². The van der Waals surface area contributed by atoms with Crippen molar-refractivity contribution in [2.75, 3.05) is 26.3 Å². The number of ether oxygens (including phenoxy) is 1. The molecule has 5 heteroatoms. The van der Waals surface area contributed by atoms with Crippen LogP contribution in [-0.4, -0.2) is 49.1 Å². The van der Waals surface area contributed by atoms with Crippen molar-refractivity contribution in [2.24, 2.45) is 0 Å². The monoisotopic (exact) mass is 200 g/mol. The summed E-state index contributed by atoms with van der Waals surface area (Å²) in [7, 11) is 0. The lowest BCUT2D eigenvalue weighted by atomic mass is 10.2. The minimum absolute atomic E-state index is 0.166. The third-order valence-corrected chi connectivity index (χ3v) is 2.16. The predicted molar refractivity (Wildman–Crippen MR) is 50.7 cm³/mol. The number of hydrogen-bond acceptors (Lipinski definition) is 4. The number of hydrogen-bond donors (Lipinski definition) is 1. The average molecular weight is 200 g/mol. The Balaban J connectivity index is 2.46. The quantitative estimate of drug-likeness (QED) is 0.485. The van der Waals surface area contributed by atoms with Crippen LogP contribution in [0.3, 0.4) is 0 Å². The van der Waals surface area contributed by atoms with Crippen LogP contribution in [0, 0.1) is 0 Å². The van der Waals surface area contributed by atoms with Crippen LogP contribution in [0.2, 0.25) is 0 Å². The largest absolute Gasteiger partial charge is 0.380 e. The van der Waals surface area contributed by atoms with Crippen LogP contribution in [0.25, 0.3) is 0 Å². The number of carbonyl (C=O) groups is 2. The molecule has 1 saturated heterocycles. The first-order valence-corrected chi connectivity index (χ1v) is 4.82. The summed E-state index contributed by atoms with van der Waals surface area (Å²) < 4.78 is 5.10. The summed E-state index contributed by atoms with van der Waals surface area (Å²) in [4.78, 5) is 24.1. The van der Waals surface area contributed by atoms with Crippen molar-refractivity contribution in [3.63, 3.8) is 0 Å². The van der Waals surface area contributed by atoms with Crippen LogP contribution in [0.15, 0.2) is 0 Å². The number of rotatable bonds is 4. The van der Waals surface area contributed by atoms with E-state index in [0.29, 0.717) is 19.8 Å². The Bertz CT molecular complexity index is 230. The van der Waals surface area contributed by atoms with E-state index in [4.69, 9.17) is 4.74 Å². The lowest BCUT2D eigenvalue weighted by Gasteiger charge is -2.29. The van der Waals surface area contributed by atoms with E-state index in [1.54, 1.807) is 6.92 Å². The molecule has 1 aliphatic rings. The van der Waals surface area contributed by atoms with Gasteiger partial charge in [0.25, 0.3) is 0 Å². The summed E-state index contributed by atoms with van der Waals surface area (Å²) in [5, 5.41) is 2.82. The number of nitrogens with zero attached hydrogens (tertiary/aromatic N) is 1. The summed E-state index contributed by atoms with van der Waals surface area (Å²) in [5.41, 5.74) is 0. The fraction of sp³-hybridized carbons (Fsp3) is 0.778. The maximum Gasteiger partial charge on any atom is 0.246 e. The molecule has 0 bridgehead atoms. The van der Waals surface area contributed by atoms with Crippen molar-refractivity contribution >= 4 is 11.8 Å². The molecule has 0 saturated carbocycles. The van der Waals surface area contributed by atoms with Gasteiger partial charge in [-0.15, -0.1) is 0 Å². The van der Waals surface area contributed by atoms with Crippen LogP contribution in [0.1, 0.15) is 13.8 Å². The molecule has 0 aromatic rings. The predicted octanol–water partition coefficient (Wildman–Crippen LogP) is -0.630. The van der Waals surface area contributed by atoms with Crippen molar-refractivity contribution < 1.29 is 14.3 Å². The van der Waals surface area contributed by atoms with Gasteiger partial charge in [0.2, 0.25) is 11.8 Å². The summed E-state index contributed by atoms with van der Waals surface area (Å²) in [5.74, 6) is -0.339. The summed E-state index contributed by atoms with van der Waals surface area (Å²) in [6, 6.07) is -0.269. The molecule has 1 heterocycles. The smallest absolute Gasteiger partial charge is 0.246 e. The third-order valence-electron chi connectivity index (χ3n) is 2.16. The van der Waals surface area contributed by atoms with Gasteiger partial charge in [0.1, 0.15) is 0 Å². The highest BCUT2D eigenvalue weighted by atomic mass is 16.5. The van der Waals surface area contributed by atoms with Crippen LogP contribution >= 0.6 is 0 Å². The van der Waals surface area contributed by atoms with Gasteiger partial charge in [-0.25, -0.2) is 0 Å². The Kier molecular flexibility index (Phi) is 4.03. The molecule has 80 valence electrons. The van der Waals surface area contributed by atoms with E-state index in [9.17, 15) is 9.59 Å². The van der Waals surface area contributed by atoms with Gasteiger partial charge in [0, 0.05) is 6.61 Å². The molecule has 2 amide bonds. The van der Waals surface area contributed by atoms with Crippen molar-refractivity contribution in [3.05, 3.63) is 0 Å². The number of amides is 2. The topological polar surface area (TPSA) is 58.6 Å². The SMILES string of the molecule is CCOCCN1C(=O)CNC(C)C1=O. The second kappa shape index (κ2) is 5.07. The zero-order chi connectivity index (χ0) is 10.6. The first kappa shape index (κ1) is 11.1. The highest BCUT2D eigenvalue weighted by molar-refractivity contribution is 6.00. The van der Waals surface area contributed by atoms with Crippen molar-refractivity contribution in [1.82, 2.24) is 10.2 Å². The Morgan fingerprint density at radius 3 is 2.93 bits per heavy atom. The molecule has 1 fully saturated rings. The summed E-state index contributed by atoms with van der Waals surface area (Å²) >= 11 is 0. The first-order chi connectivity index (χ1) is 6.66. The second-order valence-corrected chi connectivity index (χ2v) is 3.18. The van der Waals surface area contributed by atoms with E-state index in [0.717, 1.165) is 0 Å². The van der Waals surface area contributed by atoms with Crippen LogP contribution in [-0.2, 0) is 14.3 Å². The molecule has 0 aromatic carbocycles. The van der Waals surface area contributed by atoms with Crippen LogP contribution in [0.4, 0.5) is 0 Å². The molecule has 14 heavy (non-hydrogen) atoms. The van der Waals surface area contributed by atoms with Crippen molar-refractivity contribution in [2.45, 2.75) is 19.9 Å². The van der Waals surface area contributed by atoms with E-state index < -0.39 is 0 Å². The van der Waals surface area contributed by atoms with Crippen molar-refractivity contribution in [1.29, 1.82) is 0 Å². The fourth-order valence-electron chi connectivity index (χ4n) is 1.31. The molecule has 1 N–H and O–H groups in total. The molecule has 1 unspecified atom stereocenters. The lowest BCUT2D eigenvalue weighted by molar-refractivity contribution is -0.149.